The minimum atomic E-state index is -0.234. The summed E-state index contributed by atoms with van der Waals surface area (Å²) in [5, 5.41) is 4.51. The summed E-state index contributed by atoms with van der Waals surface area (Å²) in [7, 11) is 0. The van der Waals surface area contributed by atoms with Crippen molar-refractivity contribution in [1.82, 2.24) is 9.78 Å². The first-order valence-corrected chi connectivity index (χ1v) is 6.10. The summed E-state index contributed by atoms with van der Waals surface area (Å²) in [4.78, 5) is 0. The molecule has 96 valence electrons. The van der Waals surface area contributed by atoms with E-state index < -0.39 is 0 Å². The maximum atomic E-state index is 13.0. The van der Waals surface area contributed by atoms with Gasteiger partial charge in [-0.25, -0.2) is 4.39 Å². The van der Waals surface area contributed by atoms with Crippen LogP contribution in [0, 0.1) is 5.82 Å². The highest BCUT2D eigenvalue weighted by Crippen LogP contribution is 2.25. The molecule has 1 aromatic carbocycles. The Morgan fingerprint density at radius 1 is 1.17 bits per heavy atom. The molecule has 0 aliphatic carbocycles. The average molecular weight is 247 g/mol. The van der Waals surface area contributed by atoms with Gasteiger partial charge in [-0.15, -0.1) is 0 Å². The van der Waals surface area contributed by atoms with Gasteiger partial charge in [0.2, 0.25) is 0 Å². The maximum absolute atomic E-state index is 13.0. The second kappa shape index (κ2) is 4.90. The van der Waals surface area contributed by atoms with Crippen LogP contribution in [-0.4, -0.2) is 9.78 Å². The molecule has 1 aromatic heterocycles. The van der Waals surface area contributed by atoms with Crippen molar-refractivity contribution >= 4 is 0 Å². The summed E-state index contributed by atoms with van der Waals surface area (Å²) in [5.74, 6) is -0.234. The number of nitrogens with zero attached hydrogens (tertiary/aromatic N) is 2. The summed E-state index contributed by atoms with van der Waals surface area (Å²) < 4.78 is 14.9. The van der Waals surface area contributed by atoms with Gasteiger partial charge in [0.15, 0.2) is 0 Å². The van der Waals surface area contributed by atoms with Crippen molar-refractivity contribution in [3.8, 4) is 11.3 Å². The fraction of sp³-hybridized carbons (Fsp3) is 0.357. The molecule has 0 fully saturated rings. The van der Waals surface area contributed by atoms with Crippen molar-refractivity contribution in [3.63, 3.8) is 0 Å². The third-order valence-electron chi connectivity index (χ3n) is 2.85. The number of halogens is 1. The molecule has 0 saturated heterocycles. The third-order valence-corrected chi connectivity index (χ3v) is 2.85. The van der Waals surface area contributed by atoms with Gasteiger partial charge in [0.1, 0.15) is 5.82 Å². The van der Waals surface area contributed by atoms with Crippen LogP contribution < -0.4 is 5.73 Å². The van der Waals surface area contributed by atoms with Crippen LogP contribution in [0.4, 0.5) is 4.39 Å². The van der Waals surface area contributed by atoms with E-state index in [4.69, 9.17) is 5.73 Å². The van der Waals surface area contributed by atoms with E-state index in [9.17, 15) is 4.39 Å². The molecule has 0 aliphatic rings. The first-order valence-electron chi connectivity index (χ1n) is 6.10. The molecular formula is C14H18FN3. The van der Waals surface area contributed by atoms with Crippen LogP contribution in [0.1, 0.15) is 38.5 Å². The maximum Gasteiger partial charge on any atom is 0.123 e. The first-order chi connectivity index (χ1) is 8.49. The molecule has 1 atom stereocenters. The molecule has 18 heavy (non-hydrogen) atoms. The molecule has 3 nitrogen and oxygen atoms in total. The topological polar surface area (TPSA) is 43.8 Å². The first kappa shape index (κ1) is 12.8. The predicted molar refractivity (Wildman–Crippen MR) is 70.6 cm³/mol. The van der Waals surface area contributed by atoms with Gasteiger partial charge >= 0.3 is 0 Å². The van der Waals surface area contributed by atoms with Gasteiger partial charge in [0.25, 0.3) is 0 Å². The lowest BCUT2D eigenvalue weighted by Gasteiger charge is -2.10. The van der Waals surface area contributed by atoms with Crippen molar-refractivity contribution < 1.29 is 4.39 Å². The molecule has 4 heteroatoms. The smallest absolute Gasteiger partial charge is 0.123 e. The second-order valence-corrected chi connectivity index (χ2v) is 4.79. The summed E-state index contributed by atoms with van der Waals surface area (Å²) in [6.07, 6.45) is 0. The van der Waals surface area contributed by atoms with Crippen LogP contribution in [0.15, 0.2) is 30.3 Å². The highest BCUT2D eigenvalue weighted by atomic mass is 19.1. The van der Waals surface area contributed by atoms with Gasteiger partial charge < -0.3 is 5.73 Å². The molecule has 0 saturated carbocycles. The van der Waals surface area contributed by atoms with Crippen molar-refractivity contribution in [2.75, 3.05) is 0 Å². The van der Waals surface area contributed by atoms with E-state index in [1.54, 1.807) is 12.1 Å². The predicted octanol–water partition coefficient (Wildman–Crippen LogP) is 3.29. The Balaban J connectivity index is 2.51. The van der Waals surface area contributed by atoms with E-state index >= 15 is 0 Å². The molecule has 0 radical (unpaired) electrons. The lowest BCUT2D eigenvalue weighted by Crippen LogP contribution is -2.09. The minimum absolute atomic E-state index is 0.107. The van der Waals surface area contributed by atoms with Gasteiger partial charge in [-0.3, -0.25) is 4.68 Å². The molecule has 2 N–H and O–H groups in total. The van der Waals surface area contributed by atoms with Gasteiger partial charge in [-0.2, -0.15) is 5.10 Å². The summed E-state index contributed by atoms with van der Waals surface area (Å²) in [5.41, 5.74) is 8.63. The third kappa shape index (κ3) is 2.43. The number of hydrogen-bond acceptors (Lipinski definition) is 2. The SMILES string of the molecule is CC(N)c1cc(-c2ccc(F)cc2)n(C(C)C)n1. The summed E-state index contributed by atoms with van der Waals surface area (Å²) in [6.45, 7) is 6.03. The molecule has 2 rings (SSSR count). The van der Waals surface area contributed by atoms with Crippen LogP contribution in [0.3, 0.4) is 0 Å². The average Bonchev–Trinajstić information content (AvgIpc) is 2.75. The molecule has 1 unspecified atom stereocenters. The van der Waals surface area contributed by atoms with Crippen molar-refractivity contribution in [1.29, 1.82) is 0 Å². The zero-order chi connectivity index (χ0) is 13.3. The Morgan fingerprint density at radius 3 is 2.28 bits per heavy atom. The second-order valence-electron chi connectivity index (χ2n) is 4.79. The van der Waals surface area contributed by atoms with Crippen LogP contribution >= 0.6 is 0 Å². The molecule has 0 bridgehead atoms. The zero-order valence-corrected chi connectivity index (χ0v) is 10.9. The Morgan fingerprint density at radius 2 is 1.78 bits per heavy atom. The normalized spacial score (nSPS) is 13.0. The Hall–Kier alpha value is -1.68. The van der Waals surface area contributed by atoms with Crippen LogP contribution in [0.25, 0.3) is 11.3 Å². The quantitative estimate of drug-likeness (QED) is 0.904. The van der Waals surface area contributed by atoms with Gasteiger partial charge in [-0.1, -0.05) is 0 Å². The van der Waals surface area contributed by atoms with Crippen LogP contribution in [0.2, 0.25) is 0 Å². The number of benzene rings is 1. The van der Waals surface area contributed by atoms with E-state index in [1.807, 2.05) is 17.7 Å². The lowest BCUT2D eigenvalue weighted by atomic mass is 10.1. The number of rotatable bonds is 3. The molecule has 2 aromatic rings. The lowest BCUT2D eigenvalue weighted by molar-refractivity contribution is 0.527. The molecular weight excluding hydrogens is 229 g/mol. The standard InChI is InChI=1S/C14H18FN3/c1-9(2)18-14(8-13(17-18)10(3)16)11-4-6-12(15)7-5-11/h4-10H,16H2,1-3H3. The van der Waals surface area contributed by atoms with Crippen molar-refractivity contribution in [3.05, 3.63) is 41.8 Å². The molecule has 0 aliphatic heterocycles. The Kier molecular flexibility index (Phi) is 3.48. The number of hydrogen-bond donors (Lipinski definition) is 1. The van der Waals surface area contributed by atoms with Gasteiger partial charge in [-0.05, 0) is 51.1 Å². The number of aromatic nitrogens is 2. The summed E-state index contributed by atoms with van der Waals surface area (Å²) in [6, 6.07) is 8.53. The fourth-order valence-corrected chi connectivity index (χ4v) is 1.87. The highest BCUT2D eigenvalue weighted by molar-refractivity contribution is 5.60. The Labute approximate surface area is 106 Å². The number of nitrogens with two attached hydrogens (primary N) is 1. The molecule has 0 spiro atoms. The minimum Gasteiger partial charge on any atom is -0.323 e. The van der Waals surface area contributed by atoms with Crippen molar-refractivity contribution in [2.45, 2.75) is 32.9 Å². The van der Waals surface area contributed by atoms with E-state index in [-0.39, 0.29) is 17.9 Å². The Bertz CT molecular complexity index is 526. The van der Waals surface area contributed by atoms with Gasteiger partial charge in [0.05, 0.1) is 11.4 Å². The van der Waals surface area contributed by atoms with E-state index in [2.05, 4.69) is 18.9 Å². The van der Waals surface area contributed by atoms with Crippen LogP contribution in [-0.2, 0) is 0 Å². The highest BCUT2D eigenvalue weighted by Gasteiger charge is 2.14. The molecule has 0 amide bonds. The van der Waals surface area contributed by atoms with Crippen LogP contribution in [0.5, 0.6) is 0 Å². The largest absolute Gasteiger partial charge is 0.323 e. The zero-order valence-electron chi connectivity index (χ0n) is 10.9. The monoisotopic (exact) mass is 247 g/mol. The van der Waals surface area contributed by atoms with Crippen molar-refractivity contribution in [2.24, 2.45) is 5.73 Å². The van der Waals surface area contributed by atoms with E-state index in [0.29, 0.717) is 0 Å². The molecule has 1 heterocycles. The summed E-state index contributed by atoms with van der Waals surface area (Å²) >= 11 is 0. The van der Waals surface area contributed by atoms with E-state index in [1.165, 1.54) is 12.1 Å². The fourth-order valence-electron chi connectivity index (χ4n) is 1.87. The van der Waals surface area contributed by atoms with E-state index in [0.717, 1.165) is 17.0 Å². The van der Waals surface area contributed by atoms with Gasteiger partial charge in [0, 0.05) is 17.6 Å².